The number of hydrogen-bond donors (Lipinski definition) is 2. The number of hydrogen-bond acceptors (Lipinski definition) is 4. The van der Waals surface area contributed by atoms with Crippen molar-refractivity contribution in [2.75, 3.05) is 24.7 Å². The Hall–Kier alpha value is -2.87. The van der Waals surface area contributed by atoms with E-state index in [1.807, 2.05) is 20.0 Å². The Bertz CT molecular complexity index is 957. The van der Waals surface area contributed by atoms with Crippen molar-refractivity contribution in [2.24, 2.45) is 0 Å². The molecule has 0 aliphatic carbocycles. The zero-order chi connectivity index (χ0) is 18.1. The number of nitrogens with one attached hydrogen (secondary N) is 2. The fourth-order valence-corrected chi connectivity index (χ4v) is 3.19. The van der Waals surface area contributed by atoms with E-state index in [4.69, 9.17) is 0 Å². The number of amides is 3. The van der Waals surface area contributed by atoms with Crippen LogP contribution in [0.15, 0.2) is 30.6 Å². The summed E-state index contributed by atoms with van der Waals surface area (Å²) in [5.41, 5.74) is 2.56. The lowest BCUT2D eigenvalue weighted by Gasteiger charge is -2.16. The number of imidazole rings is 1. The van der Waals surface area contributed by atoms with Crippen molar-refractivity contribution in [2.45, 2.75) is 13.8 Å². The molecule has 0 atom stereocenters. The summed E-state index contributed by atoms with van der Waals surface area (Å²) in [5.74, 6) is -0.246. The first-order valence-electron chi connectivity index (χ1n) is 7.69. The molecule has 25 heavy (non-hydrogen) atoms. The second-order valence-electron chi connectivity index (χ2n) is 5.89. The average Bonchev–Trinajstić information content (AvgIpc) is 3.09. The van der Waals surface area contributed by atoms with Crippen LogP contribution in [-0.4, -0.2) is 40.3 Å². The minimum absolute atomic E-state index is 0.224. The maximum Gasteiger partial charge on any atom is 0.321 e. The molecule has 3 rings (SSSR count). The van der Waals surface area contributed by atoms with E-state index in [1.54, 1.807) is 42.9 Å². The first kappa shape index (κ1) is 17.0. The monoisotopic (exact) mass is 357 g/mol. The van der Waals surface area contributed by atoms with Crippen LogP contribution in [0.5, 0.6) is 0 Å². The molecule has 7 nitrogen and oxygen atoms in total. The summed E-state index contributed by atoms with van der Waals surface area (Å²) in [6.07, 6.45) is 3.45. The molecule has 0 saturated carbocycles. The minimum atomic E-state index is -0.246. The number of anilines is 2. The van der Waals surface area contributed by atoms with Crippen molar-refractivity contribution in [1.82, 2.24) is 14.3 Å². The van der Waals surface area contributed by atoms with Crippen molar-refractivity contribution in [1.29, 1.82) is 0 Å². The molecular weight excluding hydrogens is 338 g/mol. The molecule has 0 fully saturated rings. The standard InChI is InChI=1S/C17H19N5O2S/c1-10-9-22-14(8-18-17(22)25-10)15(23)19-12-6-5-7-13(11(12)2)20-16(24)21(3)4/h5-9H,1-4H3,(H,19,23)(H,20,24). The van der Waals surface area contributed by atoms with Crippen LogP contribution >= 0.6 is 11.3 Å². The molecule has 2 aromatic heterocycles. The number of thiazole rings is 1. The number of urea groups is 1. The molecule has 0 aliphatic heterocycles. The fourth-order valence-electron chi connectivity index (χ4n) is 2.38. The molecule has 2 heterocycles. The van der Waals surface area contributed by atoms with Crippen LogP contribution in [0.1, 0.15) is 20.9 Å². The second-order valence-corrected chi connectivity index (χ2v) is 7.11. The molecule has 0 spiro atoms. The molecule has 1 aromatic carbocycles. The molecule has 3 amide bonds. The number of aryl methyl sites for hydroxylation is 1. The highest BCUT2D eigenvalue weighted by molar-refractivity contribution is 7.17. The number of benzene rings is 1. The van der Waals surface area contributed by atoms with Crippen LogP contribution < -0.4 is 10.6 Å². The Balaban J connectivity index is 1.85. The Labute approximate surface area is 149 Å². The summed E-state index contributed by atoms with van der Waals surface area (Å²) in [6, 6.07) is 5.16. The molecule has 0 aliphatic rings. The topological polar surface area (TPSA) is 78.7 Å². The predicted octanol–water partition coefficient (Wildman–Crippen LogP) is 3.36. The third-order valence-corrected chi connectivity index (χ3v) is 4.70. The molecule has 0 saturated heterocycles. The molecule has 8 heteroatoms. The smallest absolute Gasteiger partial charge is 0.321 e. The van der Waals surface area contributed by atoms with Crippen LogP contribution in [0.25, 0.3) is 4.96 Å². The van der Waals surface area contributed by atoms with Gasteiger partial charge in [-0.3, -0.25) is 9.20 Å². The van der Waals surface area contributed by atoms with Gasteiger partial charge in [0.25, 0.3) is 5.91 Å². The Kier molecular flexibility index (Phi) is 4.45. The SMILES string of the molecule is Cc1cn2c(C(=O)Nc3cccc(NC(=O)N(C)C)c3C)cnc2s1. The summed E-state index contributed by atoms with van der Waals surface area (Å²) in [6.45, 7) is 3.82. The van der Waals surface area contributed by atoms with Crippen LogP contribution in [-0.2, 0) is 0 Å². The Morgan fingerprint density at radius 3 is 2.52 bits per heavy atom. The van der Waals surface area contributed by atoms with Crippen LogP contribution in [0.4, 0.5) is 16.2 Å². The summed E-state index contributed by atoms with van der Waals surface area (Å²) in [5, 5.41) is 5.71. The number of fused-ring (bicyclic) bond motifs is 1. The van der Waals surface area contributed by atoms with Crippen LogP contribution in [0, 0.1) is 13.8 Å². The highest BCUT2D eigenvalue weighted by Gasteiger charge is 2.16. The predicted molar refractivity (Wildman–Crippen MR) is 99.6 cm³/mol. The van der Waals surface area contributed by atoms with Gasteiger partial charge < -0.3 is 15.5 Å². The van der Waals surface area contributed by atoms with E-state index in [2.05, 4.69) is 15.6 Å². The van der Waals surface area contributed by atoms with Crippen molar-refractivity contribution in [3.8, 4) is 0 Å². The zero-order valence-electron chi connectivity index (χ0n) is 14.5. The van der Waals surface area contributed by atoms with Gasteiger partial charge in [0.2, 0.25) is 0 Å². The number of carbonyl (C=O) groups excluding carboxylic acids is 2. The van der Waals surface area contributed by atoms with Crippen molar-refractivity contribution in [3.05, 3.63) is 46.7 Å². The summed E-state index contributed by atoms with van der Waals surface area (Å²) < 4.78 is 1.78. The summed E-state index contributed by atoms with van der Waals surface area (Å²) in [4.78, 5) is 32.1. The number of nitrogens with zero attached hydrogens (tertiary/aromatic N) is 3. The van der Waals surface area contributed by atoms with E-state index in [0.29, 0.717) is 17.1 Å². The van der Waals surface area contributed by atoms with Gasteiger partial charge in [0, 0.05) is 36.5 Å². The first-order chi connectivity index (χ1) is 11.9. The molecule has 0 radical (unpaired) electrons. The minimum Gasteiger partial charge on any atom is -0.331 e. The van der Waals surface area contributed by atoms with E-state index >= 15 is 0 Å². The quantitative estimate of drug-likeness (QED) is 0.754. The van der Waals surface area contributed by atoms with E-state index < -0.39 is 0 Å². The molecule has 0 unspecified atom stereocenters. The third-order valence-electron chi connectivity index (χ3n) is 3.79. The summed E-state index contributed by atoms with van der Waals surface area (Å²) in [7, 11) is 3.34. The van der Waals surface area contributed by atoms with Gasteiger partial charge in [0.05, 0.1) is 6.20 Å². The van der Waals surface area contributed by atoms with E-state index in [1.165, 1.54) is 16.2 Å². The first-order valence-corrected chi connectivity index (χ1v) is 8.51. The second kappa shape index (κ2) is 6.56. The van der Waals surface area contributed by atoms with Crippen LogP contribution in [0.2, 0.25) is 0 Å². The zero-order valence-corrected chi connectivity index (χ0v) is 15.3. The maximum atomic E-state index is 12.6. The van der Waals surface area contributed by atoms with Gasteiger partial charge in [-0.05, 0) is 31.5 Å². The Morgan fingerprint density at radius 1 is 1.16 bits per heavy atom. The van der Waals surface area contributed by atoms with Gasteiger partial charge in [-0.15, -0.1) is 11.3 Å². The normalized spacial score (nSPS) is 10.7. The highest BCUT2D eigenvalue weighted by Crippen LogP contribution is 2.25. The third kappa shape index (κ3) is 3.34. The fraction of sp³-hybridized carbons (Fsp3) is 0.235. The van der Waals surface area contributed by atoms with Crippen molar-refractivity contribution < 1.29 is 9.59 Å². The maximum absolute atomic E-state index is 12.6. The lowest BCUT2D eigenvalue weighted by molar-refractivity contribution is 0.102. The highest BCUT2D eigenvalue weighted by atomic mass is 32.1. The number of aromatic nitrogens is 2. The average molecular weight is 357 g/mol. The summed E-state index contributed by atoms with van der Waals surface area (Å²) >= 11 is 1.53. The van der Waals surface area contributed by atoms with Gasteiger partial charge in [-0.1, -0.05) is 6.07 Å². The Morgan fingerprint density at radius 2 is 1.84 bits per heavy atom. The van der Waals surface area contributed by atoms with Crippen molar-refractivity contribution in [3.63, 3.8) is 0 Å². The van der Waals surface area contributed by atoms with Gasteiger partial charge in [0.1, 0.15) is 5.69 Å². The largest absolute Gasteiger partial charge is 0.331 e. The van der Waals surface area contributed by atoms with Crippen molar-refractivity contribution >= 4 is 39.6 Å². The molecule has 0 bridgehead atoms. The van der Waals surface area contributed by atoms with E-state index in [9.17, 15) is 9.59 Å². The molecular formula is C17H19N5O2S. The van der Waals surface area contributed by atoms with E-state index in [0.717, 1.165) is 15.4 Å². The van der Waals surface area contributed by atoms with Crippen LogP contribution in [0.3, 0.4) is 0 Å². The van der Waals surface area contributed by atoms with Gasteiger partial charge in [-0.25, -0.2) is 9.78 Å². The van der Waals surface area contributed by atoms with Gasteiger partial charge >= 0.3 is 6.03 Å². The van der Waals surface area contributed by atoms with E-state index in [-0.39, 0.29) is 11.9 Å². The lowest BCUT2D eigenvalue weighted by atomic mass is 10.1. The lowest BCUT2D eigenvalue weighted by Crippen LogP contribution is -2.27. The van der Waals surface area contributed by atoms with Gasteiger partial charge in [0.15, 0.2) is 4.96 Å². The number of rotatable bonds is 3. The molecule has 3 aromatic rings. The van der Waals surface area contributed by atoms with Gasteiger partial charge in [-0.2, -0.15) is 0 Å². The number of carbonyl (C=O) groups is 2. The molecule has 2 N–H and O–H groups in total. The molecule has 130 valence electrons.